The van der Waals surface area contributed by atoms with Crippen LogP contribution in [0.15, 0.2) is 42.6 Å². The molecular formula is C18H22N2. The summed E-state index contributed by atoms with van der Waals surface area (Å²) in [6.45, 7) is 3.93. The van der Waals surface area contributed by atoms with E-state index in [1.54, 1.807) is 0 Å². The summed E-state index contributed by atoms with van der Waals surface area (Å²) < 4.78 is 0. The third-order valence-corrected chi connectivity index (χ3v) is 4.02. The molecule has 1 aromatic heterocycles. The number of hydrogen-bond acceptors (Lipinski definition) is 2. The molecule has 1 aromatic carbocycles. The molecule has 2 aromatic rings. The van der Waals surface area contributed by atoms with E-state index < -0.39 is 0 Å². The van der Waals surface area contributed by atoms with Gasteiger partial charge in [-0.25, -0.2) is 0 Å². The van der Waals surface area contributed by atoms with Gasteiger partial charge in [0.05, 0.1) is 5.69 Å². The lowest BCUT2D eigenvalue weighted by Crippen LogP contribution is -2.15. The highest BCUT2D eigenvalue weighted by molar-refractivity contribution is 5.28. The molecule has 1 aliphatic carbocycles. The largest absolute Gasteiger partial charge is 0.307 e. The number of nitrogens with zero attached hydrogens (tertiary/aromatic N) is 1. The maximum absolute atomic E-state index is 4.46. The normalized spacial score (nSPS) is 14.4. The zero-order valence-corrected chi connectivity index (χ0v) is 12.1. The van der Waals surface area contributed by atoms with Crippen molar-refractivity contribution < 1.29 is 0 Å². The van der Waals surface area contributed by atoms with Gasteiger partial charge in [0.15, 0.2) is 0 Å². The van der Waals surface area contributed by atoms with E-state index in [2.05, 4.69) is 47.6 Å². The van der Waals surface area contributed by atoms with E-state index in [9.17, 15) is 0 Å². The molecule has 0 saturated heterocycles. The molecule has 0 bridgehead atoms. The molecule has 0 radical (unpaired) electrons. The average molecular weight is 266 g/mol. The molecule has 2 nitrogen and oxygen atoms in total. The van der Waals surface area contributed by atoms with Crippen LogP contribution < -0.4 is 5.32 Å². The Hall–Kier alpha value is -1.67. The average Bonchev–Trinajstić information content (AvgIpc) is 3.33. The van der Waals surface area contributed by atoms with E-state index in [1.807, 2.05) is 12.3 Å². The fourth-order valence-corrected chi connectivity index (χ4v) is 2.60. The zero-order valence-electron chi connectivity index (χ0n) is 12.1. The highest BCUT2D eigenvalue weighted by Crippen LogP contribution is 2.39. The molecular weight excluding hydrogens is 244 g/mol. The number of rotatable bonds is 6. The Morgan fingerprint density at radius 3 is 2.60 bits per heavy atom. The van der Waals surface area contributed by atoms with E-state index in [4.69, 9.17) is 0 Å². The van der Waals surface area contributed by atoms with Crippen LogP contribution in [-0.4, -0.2) is 4.98 Å². The lowest BCUT2D eigenvalue weighted by atomic mass is 10.1. The molecule has 0 amide bonds. The van der Waals surface area contributed by atoms with Crippen molar-refractivity contribution in [2.24, 2.45) is 0 Å². The molecule has 1 fully saturated rings. The molecule has 0 atom stereocenters. The van der Waals surface area contributed by atoms with Crippen molar-refractivity contribution in [3.05, 3.63) is 65.0 Å². The van der Waals surface area contributed by atoms with Crippen LogP contribution in [0.3, 0.4) is 0 Å². The van der Waals surface area contributed by atoms with Gasteiger partial charge in [-0.1, -0.05) is 37.3 Å². The summed E-state index contributed by atoms with van der Waals surface area (Å²) >= 11 is 0. The fourth-order valence-electron chi connectivity index (χ4n) is 2.60. The summed E-state index contributed by atoms with van der Waals surface area (Å²) in [7, 11) is 0. The first kappa shape index (κ1) is 13.3. The quantitative estimate of drug-likeness (QED) is 0.860. The molecule has 20 heavy (non-hydrogen) atoms. The van der Waals surface area contributed by atoms with E-state index in [1.165, 1.54) is 35.2 Å². The second kappa shape index (κ2) is 6.19. The van der Waals surface area contributed by atoms with Gasteiger partial charge in [-0.05, 0) is 47.9 Å². The molecule has 3 rings (SSSR count). The van der Waals surface area contributed by atoms with Crippen LogP contribution in [0.4, 0.5) is 0 Å². The van der Waals surface area contributed by atoms with Gasteiger partial charge in [-0.2, -0.15) is 0 Å². The summed E-state index contributed by atoms with van der Waals surface area (Å²) in [5.41, 5.74) is 5.36. The lowest BCUT2D eigenvalue weighted by Gasteiger charge is -2.08. The van der Waals surface area contributed by atoms with Gasteiger partial charge < -0.3 is 5.32 Å². The minimum atomic E-state index is 0.842. The molecule has 1 N–H and O–H groups in total. The Morgan fingerprint density at radius 2 is 1.90 bits per heavy atom. The first-order valence-electron chi connectivity index (χ1n) is 7.59. The van der Waals surface area contributed by atoms with Crippen LogP contribution in [0, 0.1) is 0 Å². The Morgan fingerprint density at radius 1 is 1.10 bits per heavy atom. The minimum absolute atomic E-state index is 0.842. The van der Waals surface area contributed by atoms with Gasteiger partial charge in [0.25, 0.3) is 0 Å². The van der Waals surface area contributed by atoms with Gasteiger partial charge in [-0.3, -0.25) is 4.98 Å². The number of aromatic nitrogens is 1. The highest BCUT2D eigenvalue weighted by Gasteiger charge is 2.22. The number of hydrogen-bond donors (Lipinski definition) is 1. The summed E-state index contributed by atoms with van der Waals surface area (Å²) in [6.07, 6.45) is 5.66. The highest BCUT2D eigenvalue weighted by atomic mass is 14.9. The standard InChI is InChI=1S/C18H22N2/c1-2-15-4-3-11-20-18(15)13-19-12-14-5-7-16(8-6-14)17-9-10-17/h3-8,11,17,19H,2,9-10,12-13H2,1H3. The molecule has 1 aliphatic rings. The topological polar surface area (TPSA) is 24.9 Å². The van der Waals surface area contributed by atoms with Crippen molar-refractivity contribution in [2.45, 2.75) is 45.2 Å². The minimum Gasteiger partial charge on any atom is -0.307 e. The summed E-state index contributed by atoms with van der Waals surface area (Å²) in [4.78, 5) is 4.46. The molecule has 0 unspecified atom stereocenters. The summed E-state index contributed by atoms with van der Waals surface area (Å²) in [5.74, 6) is 0.845. The smallest absolute Gasteiger partial charge is 0.0573 e. The van der Waals surface area contributed by atoms with E-state index in [0.29, 0.717) is 0 Å². The van der Waals surface area contributed by atoms with Crippen LogP contribution in [0.1, 0.15) is 48.1 Å². The van der Waals surface area contributed by atoms with Crippen LogP contribution in [-0.2, 0) is 19.5 Å². The van der Waals surface area contributed by atoms with Gasteiger partial charge in [0.1, 0.15) is 0 Å². The summed E-state index contributed by atoms with van der Waals surface area (Å²) in [6, 6.07) is 13.2. The van der Waals surface area contributed by atoms with Crippen molar-refractivity contribution >= 4 is 0 Å². The van der Waals surface area contributed by atoms with Crippen molar-refractivity contribution in [3.63, 3.8) is 0 Å². The third kappa shape index (κ3) is 3.26. The first-order chi connectivity index (χ1) is 9.86. The van der Waals surface area contributed by atoms with Gasteiger partial charge >= 0.3 is 0 Å². The maximum atomic E-state index is 4.46. The first-order valence-corrected chi connectivity index (χ1v) is 7.59. The van der Waals surface area contributed by atoms with Gasteiger partial charge in [0.2, 0.25) is 0 Å². The monoisotopic (exact) mass is 266 g/mol. The Bertz CT molecular complexity index is 556. The van der Waals surface area contributed by atoms with Crippen molar-refractivity contribution in [1.29, 1.82) is 0 Å². The number of aryl methyl sites for hydroxylation is 1. The van der Waals surface area contributed by atoms with E-state index in [0.717, 1.165) is 25.4 Å². The Balaban J connectivity index is 1.54. The predicted octanol–water partition coefficient (Wildman–Crippen LogP) is 3.81. The number of benzene rings is 1. The lowest BCUT2D eigenvalue weighted by molar-refractivity contribution is 0.673. The van der Waals surface area contributed by atoms with E-state index >= 15 is 0 Å². The Kier molecular flexibility index (Phi) is 4.12. The zero-order chi connectivity index (χ0) is 13.8. The molecule has 104 valence electrons. The predicted molar refractivity (Wildman–Crippen MR) is 82.6 cm³/mol. The SMILES string of the molecule is CCc1cccnc1CNCc1ccc(C2CC2)cc1. The van der Waals surface area contributed by atoms with Crippen LogP contribution in [0.5, 0.6) is 0 Å². The summed E-state index contributed by atoms with van der Waals surface area (Å²) in [5, 5.41) is 3.49. The maximum Gasteiger partial charge on any atom is 0.0573 e. The van der Waals surface area contributed by atoms with Crippen LogP contribution in [0.25, 0.3) is 0 Å². The number of nitrogens with one attached hydrogen (secondary N) is 1. The number of pyridine rings is 1. The fraction of sp³-hybridized carbons (Fsp3) is 0.389. The van der Waals surface area contributed by atoms with Crippen LogP contribution >= 0.6 is 0 Å². The molecule has 1 heterocycles. The second-order valence-electron chi connectivity index (χ2n) is 5.58. The van der Waals surface area contributed by atoms with Crippen molar-refractivity contribution in [3.8, 4) is 0 Å². The molecule has 0 aliphatic heterocycles. The second-order valence-corrected chi connectivity index (χ2v) is 5.58. The Labute approximate surface area is 121 Å². The molecule has 1 saturated carbocycles. The molecule has 0 spiro atoms. The van der Waals surface area contributed by atoms with Gasteiger partial charge in [-0.15, -0.1) is 0 Å². The van der Waals surface area contributed by atoms with E-state index in [-0.39, 0.29) is 0 Å². The third-order valence-electron chi connectivity index (χ3n) is 4.02. The van der Waals surface area contributed by atoms with Crippen molar-refractivity contribution in [2.75, 3.05) is 0 Å². The van der Waals surface area contributed by atoms with Crippen LogP contribution in [0.2, 0.25) is 0 Å². The molecule has 2 heteroatoms. The van der Waals surface area contributed by atoms with Crippen molar-refractivity contribution in [1.82, 2.24) is 10.3 Å². The van der Waals surface area contributed by atoms with Gasteiger partial charge in [0, 0.05) is 19.3 Å².